The van der Waals surface area contributed by atoms with E-state index in [-0.39, 0.29) is 18.8 Å². The second-order valence-electron chi connectivity index (χ2n) is 6.68. The van der Waals surface area contributed by atoms with Gasteiger partial charge in [0.25, 0.3) is 0 Å². The van der Waals surface area contributed by atoms with Crippen molar-refractivity contribution >= 4 is 29.6 Å². The molecular formula is C16H29N5O7. The molecule has 0 saturated heterocycles. The Morgan fingerprint density at radius 3 is 2.00 bits per heavy atom. The SMILES string of the molecule is CC(C)C(NC(=O)CNC(=O)C(CCC(N)=O)NC(=O)C(N)C(C)O)C(=O)O. The summed E-state index contributed by atoms with van der Waals surface area (Å²) in [5, 5.41) is 25.2. The molecule has 0 saturated carbocycles. The van der Waals surface area contributed by atoms with Gasteiger partial charge in [0.2, 0.25) is 23.6 Å². The summed E-state index contributed by atoms with van der Waals surface area (Å²) in [5.41, 5.74) is 10.5. The number of hydrogen-bond donors (Lipinski definition) is 7. The minimum absolute atomic E-state index is 0.148. The lowest BCUT2D eigenvalue weighted by atomic mass is 10.0. The van der Waals surface area contributed by atoms with Crippen LogP contribution in [0.25, 0.3) is 0 Å². The number of carboxylic acids is 1. The first-order chi connectivity index (χ1) is 12.9. The third-order valence-electron chi connectivity index (χ3n) is 3.81. The summed E-state index contributed by atoms with van der Waals surface area (Å²) in [6.45, 7) is 3.97. The van der Waals surface area contributed by atoms with Crippen LogP contribution in [0.4, 0.5) is 0 Å². The number of carboxylic acid groups (broad SMARTS) is 1. The Morgan fingerprint density at radius 1 is 1.00 bits per heavy atom. The molecule has 0 heterocycles. The molecule has 12 nitrogen and oxygen atoms in total. The van der Waals surface area contributed by atoms with Crippen LogP contribution >= 0.6 is 0 Å². The monoisotopic (exact) mass is 403 g/mol. The summed E-state index contributed by atoms with van der Waals surface area (Å²) in [6.07, 6.45) is -1.54. The minimum atomic E-state index is -1.30. The van der Waals surface area contributed by atoms with Gasteiger partial charge in [0.15, 0.2) is 0 Å². The van der Waals surface area contributed by atoms with Crippen LogP contribution in [-0.4, -0.2) is 70.6 Å². The van der Waals surface area contributed by atoms with Crippen molar-refractivity contribution in [3.05, 3.63) is 0 Å². The van der Waals surface area contributed by atoms with Gasteiger partial charge < -0.3 is 37.6 Å². The van der Waals surface area contributed by atoms with Crippen molar-refractivity contribution in [1.29, 1.82) is 0 Å². The maximum absolute atomic E-state index is 12.3. The number of amides is 4. The number of aliphatic hydroxyl groups excluding tert-OH is 1. The molecule has 4 unspecified atom stereocenters. The van der Waals surface area contributed by atoms with Crippen LogP contribution in [0.2, 0.25) is 0 Å². The van der Waals surface area contributed by atoms with Gasteiger partial charge in [-0.2, -0.15) is 0 Å². The Kier molecular flexibility index (Phi) is 10.7. The lowest BCUT2D eigenvalue weighted by Gasteiger charge is -2.22. The zero-order valence-electron chi connectivity index (χ0n) is 16.1. The highest BCUT2D eigenvalue weighted by Crippen LogP contribution is 2.02. The van der Waals surface area contributed by atoms with E-state index in [1.807, 2.05) is 0 Å². The van der Waals surface area contributed by atoms with E-state index in [1.54, 1.807) is 13.8 Å². The minimum Gasteiger partial charge on any atom is -0.480 e. The predicted molar refractivity (Wildman–Crippen MR) is 97.4 cm³/mol. The highest BCUT2D eigenvalue weighted by molar-refractivity contribution is 5.93. The number of carbonyl (C=O) groups is 5. The van der Waals surface area contributed by atoms with Gasteiger partial charge in [-0.3, -0.25) is 19.2 Å². The topological polar surface area (TPSA) is 214 Å². The van der Waals surface area contributed by atoms with Crippen LogP contribution in [0, 0.1) is 5.92 Å². The molecule has 0 aromatic rings. The predicted octanol–water partition coefficient (Wildman–Crippen LogP) is -3.21. The number of aliphatic carboxylic acids is 1. The molecule has 0 spiro atoms. The Labute approximate surface area is 162 Å². The zero-order valence-corrected chi connectivity index (χ0v) is 16.1. The number of rotatable bonds is 12. The van der Waals surface area contributed by atoms with E-state index >= 15 is 0 Å². The fourth-order valence-corrected chi connectivity index (χ4v) is 2.07. The average molecular weight is 403 g/mol. The molecule has 0 bridgehead atoms. The van der Waals surface area contributed by atoms with E-state index in [2.05, 4.69) is 16.0 Å². The molecule has 0 fully saturated rings. The fraction of sp³-hybridized carbons (Fsp3) is 0.688. The van der Waals surface area contributed by atoms with Gasteiger partial charge in [-0.15, -0.1) is 0 Å². The van der Waals surface area contributed by atoms with Gasteiger partial charge in [-0.1, -0.05) is 13.8 Å². The van der Waals surface area contributed by atoms with E-state index in [9.17, 15) is 29.1 Å². The van der Waals surface area contributed by atoms with E-state index in [4.69, 9.17) is 16.6 Å². The fourth-order valence-electron chi connectivity index (χ4n) is 2.07. The van der Waals surface area contributed by atoms with Gasteiger partial charge in [0.05, 0.1) is 12.6 Å². The molecule has 0 radical (unpaired) electrons. The molecule has 0 aromatic carbocycles. The lowest BCUT2D eigenvalue weighted by molar-refractivity contribution is -0.143. The van der Waals surface area contributed by atoms with Crippen molar-refractivity contribution in [2.24, 2.45) is 17.4 Å². The smallest absolute Gasteiger partial charge is 0.326 e. The van der Waals surface area contributed by atoms with Crippen molar-refractivity contribution in [2.45, 2.75) is 57.8 Å². The molecule has 0 aliphatic heterocycles. The highest BCUT2D eigenvalue weighted by Gasteiger charge is 2.27. The second-order valence-corrected chi connectivity index (χ2v) is 6.68. The number of nitrogens with one attached hydrogen (secondary N) is 3. The number of aliphatic hydroxyl groups is 1. The molecule has 12 heteroatoms. The van der Waals surface area contributed by atoms with Crippen LogP contribution in [0.15, 0.2) is 0 Å². The number of primary amides is 1. The molecule has 9 N–H and O–H groups in total. The van der Waals surface area contributed by atoms with Crippen molar-refractivity contribution < 1.29 is 34.2 Å². The Morgan fingerprint density at radius 2 is 1.57 bits per heavy atom. The van der Waals surface area contributed by atoms with E-state index in [1.165, 1.54) is 6.92 Å². The third kappa shape index (κ3) is 9.28. The molecule has 0 aliphatic carbocycles. The normalized spacial score (nSPS) is 15.1. The van der Waals surface area contributed by atoms with E-state index in [0.717, 1.165) is 0 Å². The molecule has 4 atom stereocenters. The first kappa shape index (κ1) is 25.3. The molecule has 0 rings (SSSR count). The second kappa shape index (κ2) is 11.9. The first-order valence-electron chi connectivity index (χ1n) is 8.69. The van der Waals surface area contributed by atoms with Crippen LogP contribution in [0.5, 0.6) is 0 Å². The lowest BCUT2D eigenvalue weighted by Crippen LogP contribution is -2.55. The Hall–Kier alpha value is -2.73. The van der Waals surface area contributed by atoms with Crippen LogP contribution in [-0.2, 0) is 24.0 Å². The average Bonchev–Trinajstić information content (AvgIpc) is 2.59. The van der Waals surface area contributed by atoms with Gasteiger partial charge in [0.1, 0.15) is 18.1 Å². The summed E-state index contributed by atoms with van der Waals surface area (Å²) in [4.78, 5) is 58.1. The van der Waals surface area contributed by atoms with Crippen LogP contribution in [0.3, 0.4) is 0 Å². The number of hydrogen-bond acceptors (Lipinski definition) is 7. The number of carbonyl (C=O) groups excluding carboxylic acids is 4. The summed E-state index contributed by atoms with van der Waals surface area (Å²) in [5.74, 6) is -4.65. The van der Waals surface area contributed by atoms with Crippen molar-refractivity contribution in [3.8, 4) is 0 Å². The van der Waals surface area contributed by atoms with E-state index in [0.29, 0.717) is 0 Å². The van der Waals surface area contributed by atoms with E-state index < -0.39 is 60.4 Å². The third-order valence-corrected chi connectivity index (χ3v) is 3.81. The summed E-state index contributed by atoms with van der Waals surface area (Å²) < 4.78 is 0. The molecule has 160 valence electrons. The van der Waals surface area contributed by atoms with Gasteiger partial charge in [0, 0.05) is 6.42 Å². The van der Waals surface area contributed by atoms with Crippen LogP contribution < -0.4 is 27.4 Å². The van der Waals surface area contributed by atoms with Crippen molar-refractivity contribution in [1.82, 2.24) is 16.0 Å². The molecule has 0 aliphatic rings. The van der Waals surface area contributed by atoms with Gasteiger partial charge in [-0.25, -0.2) is 4.79 Å². The summed E-state index contributed by atoms with van der Waals surface area (Å²) >= 11 is 0. The molecule has 0 aromatic heterocycles. The largest absolute Gasteiger partial charge is 0.480 e. The van der Waals surface area contributed by atoms with Crippen molar-refractivity contribution in [3.63, 3.8) is 0 Å². The molecular weight excluding hydrogens is 374 g/mol. The summed E-state index contributed by atoms with van der Waals surface area (Å²) in [7, 11) is 0. The standard InChI is InChI=1S/C16H29N5O7/c1-7(2)13(16(27)28)21-11(24)6-19-14(25)9(4-5-10(17)23)20-15(26)12(18)8(3)22/h7-9,12-13,22H,4-6,18H2,1-3H3,(H2,17,23)(H,19,25)(H,20,26)(H,21,24)(H,27,28). The number of nitrogens with two attached hydrogens (primary N) is 2. The van der Waals surface area contributed by atoms with Crippen molar-refractivity contribution in [2.75, 3.05) is 6.54 Å². The Bertz CT molecular complexity index is 594. The first-order valence-corrected chi connectivity index (χ1v) is 8.69. The molecule has 28 heavy (non-hydrogen) atoms. The summed E-state index contributed by atoms with van der Waals surface area (Å²) in [6, 6.07) is -3.65. The maximum Gasteiger partial charge on any atom is 0.326 e. The zero-order chi connectivity index (χ0) is 22.0. The Balaban J connectivity index is 4.90. The van der Waals surface area contributed by atoms with Gasteiger partial charge >= 0.3 is 5.97 Å². The highest BCUT2D eigenvalue weighted by atomic mass is 16.4. The quantitative estimate of drug-likeness (QED) is 0.175. The maximum atomic E-state index is 12.3. The molecule has 4 amide bonds. The van der Waals surface area contributed by atoms with Crippen LogP contribution in [0.1, 0.15) is 33.6 Å². The van der Waals surface area contributed by atoms with Gasteiger partial charge in [-0.05, 0) is 19.3 Å².